The van der Waals surface area contributed by atoms with Gasteiger partial charge in [0.1, 0.15) is 29.5 Å². The molecule has 1 aromatic carbocycles. The smallest absolute Gasteiger partial charge is 0.289 e. The van der Waals surface area contributed by atoms with Gasteiger partial charge in [-0.3, -0.25) is 43.4 Å². The van der Waals surface area contributed by atoms with E-state index in [0.29, 0.717) is 32.2 Å². The lowest BCUT2D eigenvalue weighted by Gasteiger charge is -2.46. The first-order valence-electron chi connectivity index (χ1n) is 21.9. The first-order chi connectivity index (χ1) is 29.1. The highest BCUT2D eigenvalue weighted by Gasteiger charge is 2.56. The van der Waals surface area contributed by atoms with Crippen molar-refractivity contribution in [2.24, 2.45) is 11.3 Å². The van der Waals surface area contributed by atoms with E-state index >= 15 is 4.79 Å². The van der Waals surface area contributed by atoms with Gasteiger partial charge in [0, 0.05) is 31.4 Å². The van der Waals surface area contributed by atoms with Crippen LogP contribution in [-0.2, 0) is 35.3 Å². The zero-order valence-electron chi connectivity index (χ0n) is 36.7. The van der Waals surface area contributed by atoms with Crippen LogP contribution in [0.1, 0.15) is 121 Å². The van der Waals surface area contributed by atoms with Gasteiger partial charge in [0.15, 0.2) is 0 Å². The zero-order valence-corrected chi connectivity index (χ0v) is 36.7. The molecule has 5 atom stereocenters. The summed E-state index contributed by atoms with van der Waals surface area (Å²) < 4.78 is 0. The van der Waals surface area contributed by atoms with Crippen molar-refractivity contribution in [1.29, 1.82) is 0 Å². The molecule has 4 N–H and O–H groups in total. The molecule has 2 saturated carbocycles. The molecule has 3 aliphatic rings. The zero-order chi connectivity index (χ0) is 44.3. The third-order valence-electron chi connectivity index (χ3n) is 12.3. The average Bonchev–Trinajstić information content (AvgIpc) is 3.98. The molecule has 1 saturated heterocycles. The number of aromatic nitrogens is 2. The first-order valence-corrected chi connectivity index (χ1v) is 21.9. The standard InChI is InChI=1S/C45H65N9O7/c1-7-15-33(37(56)42(60)48-32-20-21-32)49-40(58)35-25-45(52(6)24-8-2,53(29-55)27-30-16-11-9-12-17-30)28-54(35)43(61)38(44(3,4)5)51-41(59)36(31-18-13-10-14-19-31)50-39(57)34-26-46-22-23-47-34/h9,11-12,16-17,22-23,26,29,31-33,35-36,38H,7-8,10,13-15,18-21,24-25,27-28H2,1-6H3,(H,48,60)(H,49,58)(H,50,57)(H,51,59)/t33?,35-,36-,38+,45?/m0/s1. The Hall–Kier alpha value is -5.25. The van der Waals surface area contributed by atoms with Gasteiger partial charge in [0.05, 0.1) is 18.8 Å². The maximum atomic E-state index is 15.4. The molecular formula is C45H65N9O7. The van der Waals surface area contributed by atoms with E-state index in [1.54, 1.807) is 4.90 Å². The summed E-state index contributed by atoms with van der Waals surface area (Å²) >= 11 is 0. The van der Waals surface area contributed by atoms with Gasteiger partial charge in [-0.05, 0) is 69.0 Å². The molecule has 2 heterocycles. The van der Waals surface area contributed by atoms with E-state index in [4.69, 9.17) is 0 Å². The molecule has 2 aromatic rings. The number of carbonyl (C=O) groups excluding carboxylic acids is 7. The largest absolute Gasteiger partial charge is 0.347 e. The summed E-state index contributed by atoms with van der Waals surface area (Å²) in [4.78, 5) is 111. The maximum Gasteiger partial charge on any atom is 0.289 e. The van der Waals surface area contributed by atoms with Gasteiger partial charge in [-0.2, -0.15) is 0 Å². The fourth-order valence-corrected chi connectivity index (χ4v) is 8.65. The SMILES string of the molecule is CCCC(NC(=O)[C@@H]1CC(N(C)CCC)(N(C=O)Cc2ccccc2)CN1C(=O)[C@@H](NC(=O)[C@@H](NC(=O)c1cnccn1)C1CCCCC1)C(C)(C)C)C(=O)C(=O)NC1CC1. The third-order valence-corrected chi connectivity index (χ3v) is 12.3. The maximum absolute atomic E-state index is 15.4. The number of ketones is 1. The van der Waals surface area contributed by atoms with Crippen LogP contribution in [0.15, 0.2) is 48.9 Å². The highest BCUT2D eigenvalue weighted by molar-refractivity contribution is 6.38. The number of hydrogen-bond acceptors (Lipinski definition) is 10. The second-order valence-electron chi connectivity index (χ2n) is 18.0. The summed E-state index contributed by atoms with van der Waals surface area (Å²) in [5, 5.41) is 11.5. The lowest BCUT2D eigenvalue weighted by Crippen LogP contribution is -2.63. The topological polar surface area (TPSA) is 203 Å². The van der Waals surface area contributed by atoms with Crippen LogP contribution < -0.4 is 21.3 Å². The van der Waals surface area contributed by atoms with Crippen molar-refractivity contribution in [3.8, 4) is 0 Å². The monoisotopic (exact) mass is 844 g/mol. The highest BCUT2D eigenvalue weighted by atomic mass is 16.2. The third kappa shape index (κ3) is 11.8. The Balaban J connectivity index is 1.53. The number of nitrogens with zero attached hydrogens (tertiary/aromatic N) is 5. The molecule has 332 valence electrons. The van der Waals surface area contributed by atoms with Crippen LogP contribution in [0, 0.1) is 11.3 Å². The van der Waals surface area contributed by atoms with Gasteiger partial charge in [0.25, 0.3) is 11.8 Å². The van der Waals surface area contributed by atoms with Crippen molar-refractivity contribution in [1.82, 2.24) is 45.9 Å². The number of rotatable bonds is 20. The second-order valence-corrected chi connectivity index (χ2v) is 18.0. The summed E-state index contributed by atoms with van der Waals surface area (Å²) in [7, 11) is 1.86. The summed E-state index contributed by atoms with van der Waals surface area (Å²) in [5.74, 6) is -4.04. The van der Waals surface area contributed by atoms with Crippen LogP contribution >= 0.6 is 0 Å². The van der Waals surface area contributed by atoms with E-state index in [0.717, 1.165) is 44.1 Å². The van der Waals surface area contributed by atoms with Gasteiger partial charge >= 0.3 is 0 Å². The van der Waals surface area contributed by atoms with Gasteiger partial charge in [0.2, 0.25) is 29.9 Å². The van der Waals surface area contributed by atoms with Gasteiger partial charge in [-0.25, -0.2) is 4.98 Å². The molecule has 16 heteroatoms. The molecule has 6 amide bonds. The van der Waals surface area contributed by atoms with E-state index < -0.39 is 70.6 Å². The molecule has 16 nitrogen and oxygen atoms in total. The van der Waals surface area contributed by atoms with E-state index in [-0.39, 0.29) is 43.6 Å². The lowest BCUT2D eigenvalue weighted by molar-refractivity contribution is -0.146. The average molecular weight is 844 g/mol. The predicted octanol–water partition coefficient (Wildman–Crippen LogP) is 3.12. The van der Waals surface area contributed by atoms with Gasteiger partial charge < -0.3 is 31.1 Å². The summed E-state index contributed by atoms with van der Waals surface area (Å²) in [6, 6.07) is 4.83. The number of hydrogen-bond donors (Lipinski definition) is 4. The molecule has 2 unspecified atom stereocenters. The van der Waals surface area contributed by atoms with Crippen LogP contribution in [0.25, 0.3) is 0 Å². The van der Waals surface area contributed by atoms with Crippen molar-refractivity contribution in [2.45, 2.75) is 148 Å². The van der Waals surface area contributed by atoms with Crippen molar-refractivity contribution < 1.29 is 33.6 Å². The second kappa shape index (κ2) is 21.0. The van der Waals surface area contributed by atoms with Crippen LogP contribution in [0.3, 0.4) is 0 Å². The van der Waals surface area contributed by atoms with E-state index in [9.17, 15) is 28.8 Å². The molecule has 0 radical (unpaired) electrons. The van der Waals surface area contributed by atoms with Crippen molar-refractivity contribution in [2.75, 3.05) is 20.1 Å². The summed E-state index contributed by atoms with van der Waals surface area (Å²) in [5.41, 5.74) is -1.20. The number of likely N-dealkylation sites (N-methyl/N-ethyl adjacent to an activating group) is 1. The number of benzene rings is 1. The number of nitrogens with one attached hydrogen (secondary N) is 4. The normalized spacial score (nSPS) is 20.8. The molecule has 3 fully saturated rings. The van der Waals surface area contributed by atoms with Crippen LogP contribution in [-0.4, -0.2) is 122 Å². The summed E-state index contributed by atoms with van der Waals surface area (Å²) in [6.07, 6.45) is 12.0. The Bertz CT molecular complexity index is 1850. The minimum atomic E-state index is -1.21. The fourth-order valence-electron chi connectivity index (χ4n) is 8.65. The number of carbonyl (C=O) groups is 7. The highest BCUT2D eigenvalue weighted by Crippen LogP contribution is 2.38. The molecule has 1 aliphatic heterocycles. The summed E-state index contributed by atoms with van der Waals surface area (Å²) in [6.45, 7) is 9.88. The van der Waals surface area contributed by atoms with Crippen LogP contribution in [0.5, 0.6) is 0 Å². The van der Waals surface area contributed by atoms with Gasteiger partial charge in [-0.1, -0.05) is 90.6 Å². The molecule has 0 spiro atoms. The minimum absolute atomic E-state index is 0.0162. The van der Waals surface area contributed by atoms with Crippen molar-refractivity contribution >= 4 is 41.7 Å². The Morgan fingerprint density at radius 1 is 0.934 bits per heavy atom. The molecule has 5 rings (SSSR count). The molecule has 2 aliphatic carbocycles. The Morgan fingerprint density at radius 3 is 2.23 bits per heavy atom. The fraction of sp³-hybridized carbons (Fsp3) is 0.622. The Labute approximate surface area is 359 Å². The quantitative estimate of drug-likeness (QED) is 0.0872. The van der Waals surface area contributed by atoms with Crippen LogP contribution in [0.4, 0.5) is 0 Å². The first kappa shape index (κ1) is 46.8. The van der Waals surface area contributed by atoms with Gasteiger partial charge in [-0.15, -0.1) is 0 Å². The lowest BCUT2D eigenvalue weighted by atomic mass is 9.82. The van der Waals surface area contributed by atoms with E-state index in [2.05, 4.69) is 31.2 Å². The van der Waals surface area contributed by atoms with Crippen LogP contribution in [0.2, 0.25) is 0 Å². The molecular weight excluding hydrogens is 779 g/mol. The Kier molecular flexibility index (Phi) is 16.1. The molecule has 0 bridgehead atoms. The van der Waals surface area contributed by atoms with E-state index in [1.165, 1.54) is 23.5 Å². The minimum Gasteiger partial charge on any atom is -0.347 e. The molecule has 61 heavy (non-hydrogen) atoms. The number of likely N-dealkylation sites (tertiary alicyclic amines) is 1. The van der Waals surface area contributed by atoms with Crippen molar-refractivity contribution in [3.05, 3.63) is 60.2 Å². The molecule has 1 aromatic heterocycles. The van der Waals surface area contributed by atoms with Crippen molar-refractivity contribution in [3.63, 3.8) is 0 Å². The number of Topliss-reactive ketones (excluding diaryl/α,β-unsaturated/α-hetero) is 1. The van der Waals surface area contributed by atoms with E-state index in [1.807, 2.05) is 76.9 Å². The predicted molar refractivity (Wildman–Crippen MR) is 228 cm³/mol. The Morgan fingerprint density at radius 2 is 1.64 bits per heavy atom. The number of amides is 6.